The summed E-state index contributed by atoms with van der Waals surface area (Å²) >= 11 is 1.42. The molecule has 0 bridgehead atoms. The van der Waals surface area contributed by atoms with Crippen molar-refractivity contribution in [1.29, 1.82) is 0 Å². The lowest BCUT2D eigenvalue weighted by Gasteiger charge is -1.97. The molecule has 3 nitrogen and oxygen atoms in total. The SMILES string of the molecule is CNNC(=O)c1cccs1. The van der Waals surface area contributed by atoms with Crippen molar-refractivity contribution in [3.63, 3.8) is 0 Å². The maximum Gasteiger partial charge on any atom is 0.275 e. The van der Waals surface area contributed by atoms with Gasteiger partial charge in [0.15, 0.2) is 0 Å². The molecule has 0 radical (unpaired) electrons. The summed E-state index contributed by atoms with van der Waals surface area (Å²) in [5.41, 5.74) is 5.03. The van der Waals surface area contributed by atoms with E-state index < -0.39 is 0 Å². The molecule has 1 aromatic rings. The molecule has 0 saturated heterocycles. The van der Waals surface area contributed by atoms with Crippen LogP contribution in [0.3, 0.4) is 0 Å². The van der Waals surface area contributed by atoms with Gasteiger partial charge in [0, 0.05) is 7.05 Å². The Kier molecular flexibility index (Phi) is 2.42. The summed E-state index contributed by atoms with van der Waals surface area (Å²) in [5.74, 6) is -0.0856. The molecule has 0 fully saturated rings. The average molecular weight is 156 g/mol. The van der Waals surface area contributed by atoms with Crippen LogP contribution in [0.15, 0.2) is 17.5 Å². The molecular weight excluding hydrogens is 148 g/mol. The lowest BCUT2D eigenvalue weighted by Crippen LogP contribution is -2.33. The molecule has 0 atom stereocenters. The van der Waals surface area contributed by atoms with Crippen LogP contribution in [-0.4, -0.2) is 13.0 Å². The van der Waals surface area contributed by atoms with Crippen LogP contribution in [0.25, 0.3) is 0 Å². The molecule has 1 amide bonds. The predicted molar refractivity (Wildman–Crippen MR) is 40.8 cm³/mol. The molecule has 1 aromatic heterocycles. The quantitative estimate of drug-likeness (QED) is 0.616. The number of thiophene rings is 1. The van der Waals surface area contributed by atoms with Crippen molar-refractivity contribution >= 4 is 17.2 Å². The Hall–Kier alpha value is -0.870. The number of hydrogen-bond donors (Lipinski definition) is 2. The minimum Gasteiger partial charge on any atom is -0.287 e. The summed E-state index contributed by atoms with van der Waals surface area (Å²) in [7, 11) is 1.66. The average Bonchev–Trinajstić information content (AvgIpc) is 2.38. The second-order valence-corrected chi connectivity index (χ2v) is 2.63. The zero-order valence-corrected chi connectivity index (χ0v) is 6.37. The first-order chi connectivity index (χ1) is 4.84. The van der Waals surface area contributed by atoms with E-state index in [1.54, 1.807) is 13.1 Å². The lowest BCUT2D eigenvalue weighted by atomic mass is 10.5. The molecule has 10 heavy (non-hydrogen) atoms. The van der Waals surface area contributed by atoms with E-state index in [0.29, 0.717) is 4.88 Å². The van der Waals surface area contributed by atoms with Crippen LogP contribution in [0, 0.1) is 0 Å². The van der Waals surface area contributed by atoms with E-state index in [1.165, 1.54) is 11.3 Å². The van der Waals surface area contributed by atoms with Crippen LogP contribution >= 0.6 is 11.3 Å². The topological polar surface area (TPSA) is 41.1 Å². The number of rotatable bonds is 2. The van der Waals surface area contributed by atoms with E-state index in [-0.39, 0.29) is 5.91 Å². The van der Waals surface area contributed by atoms with E-state index in [4.69, 9.17) is 0 Å². The fourth-order valence-electron chi connectivity index (χ4n) is 0.583. The summed E-state index contributed by atoms with van der Waals surface area (Å²) < 4.78 is 0. The van der Waals surface area contributed by atoms with Crippen molar-refractivity contribution in [1.82, 2.24) is 10.9 Å². The third-order valence-corrected chi connectivity index (χ3v) is 1.85. The van der Waals surface area contributed by atoms with Gasteiger partial charge in [-0.15, -0.1) is 11.3 Å². The van der Waals surface area contributed by atoms with Gasteiger partial charge in [-0.05, 0) is 11.4 Å². The Balaban J connectivity index is 2.59. The number of hydrazine groups is 1. The van der Waals surface area contributed by atoms with Crippen LogP contribution in [0.4, 0.5) is 0 Å². The molecule has 0 saturated carbocycles. The Labute approximate surface area is 63.0 Å². The Bertz CT molecular complexity index is 208. The minimum absolute atomic E-state index is 0.0856. The molecule has 0 aliphatic heterocycles. The van der Waals surface area contributed by atoms with Gasteiger partial charge in [0.2, 0.25) is 0 Å². The minimum atomic E-state index is -0.0856. The third-order valence-electron chi connectivity index (χ3n) is 0.983. The van der Waals surface area contributed by atoms with E-state index in [0.717, 1.165) is 0 Å². The molecule has 0 aliphatic carbocycles. The maximum absolute atomic E-state index is 10.9. The number of hydrogen-bond acceptors (Lipinski definition) is 3. The highest BCUT2D eigenvalue weighted by molar-refractivity contribution is 7.12. The van der Waals surface area contributed by atoms with Crippen molar-refractivity contribution in [2.45, 2.75) is 0 Å². The summed E-state index contributed by atoms with van der Waals surface area (Å²) in [6.45, 7) is 0. The first kappa shape index (κ1) is 7.24. The van der Waals surface area contributed by atoms with Crippen LogP contribution in [0.1, 0.15) is 9.67 Å². The zero-order chi connectivity index (χ0) is 7.40. The first-order valence-corrected chi connectivity index (χ1v) is 3.73. The molecule has 54 valence electrons. The number of carbonyl (C=O) groups is 1. The maximum atomic E-state index is 10.9. The van der Waals surface area contributed by atoms with E-state index >= 15 is 0 Å². The van der Waals surface area contributed by atoms with Crippen molar-refractivity contribution in [3.05, 3.63) is 22.4 Å². The van der Waals surface area contributed by atoms with Crippen molar-refractivity contribution in [3.8, 4) is 0 Å². The van der Waals surface area contributed by atoms with Gasteiger partial charge in [0.05, 0.1) is 4.88 Å². The monoisotopic (exact) mass is 156 g/mol. The van der Waals surface area contributed by atoms with Crippen LogP contribution in [0.2, 0.25) is 0 Å². The zero-order valence-electron chi connectivity index (χ0n) is 5.55. The molecule has 0 aromatic carbocycles. The van der Waals surface area contributed by atoms with E-state index in [1.807, 2.05) is 11.4 Å². The van der Waals surface area contributed by atoms with Gasteiger partial charge in [0.25, 0.3) is 5.91 Å². The summed E-state index contributed by atoms with van der Waals surface area (Å²) in [5, 5.41) is 1.87. The highest BCUT2D eigenvalue weighted by Crippen LogP contribution is 2.06. The number of nitrogens with one attached hydrogen (secondary N) is 2. The van der Waals surface area contributed by atoms with Crippen molar-refractivity contribution < 1.29 is 4.79 Å². The van der Waals surface area contributed by atoms with Gasteiger partial charge in [-0.25, -0.2) is 5.43 Å². The standard InChI is InChI=1S/C6H8N2OS/c1-7-8-6(9)5-3-2-4-10-5/h2-4,7H,1H3,(H,8,9). The van der Waals surface area contributed by atoms with Crippen LogP contribution in [0.5, 0.6) is 0 Å². The molecule has 0 unspecified atom stereocenters. The smallest absolute Gasteiger partial charge is 0.275 e. The van der Waals surface area contributed by atoms with E-state index in [9.17, 15) is 4.79 Å². The highest BCUT2D eigenvalue weighted by atomic mass is 32.1. The molecule has 1 rings (SSSR count). The molecule has 0 aliphatic rings. The fourth-order valence-corrected chi connectivity index (χ4v) is 1.20. The van der Waals surface area contributed by atoms with Gasteiger partial charge in [-0.2, -0.15) is 0 Å². The largest absolute Gasteiger partial charge is 0.287 e. The first-order valence-electron chi connectivity index (χ1n) is 2.85. The summed E-state index contributed by atoms with van der Waals surface area (Å²) in [6.07, 6.45) is 0. The molecule has 1 heterocycles. The van der Waals surface area contributed by atoms with Gasteiger partial charge in [0.1, 0.15) is 0 Å². The third kappa shape index (κ3) is 1.55. The second kappa shape index (κ2) is 3.34. The Morgan fingerprint density at radius 3 is 3.00 bits per heavy atom. The van der Waals surface area contributed by atoms with Crippen molar-refractivity contribution in [2.24, 2.45) is 0 Å². The predicted octanol–water partition coefficient (Wildman–Crippen LogP) is 0.612. The summed E-state index contributed by atoms with van der Waals surface area (Å²) in [6, 6.07) is 3.62. The van der Waals surface area contributed by atoms with Crippen LogP contribution in [-0.2, 0) is 0 Å². The van der Waals surface area contributed by atoms with Gasteiger partial charge >= 0.3 is 0 Å². The Morgan fingerprint density at radius 2 is 2.50 bits per heavy atom. The van der Waals surface area contributed by atoms with Gasteiger partial charge in [-0.1, -0.05) is 6.07 Å². The molecule has 4 heteroatoms. The van der Waals surface area contributed by atoms with Crippen LogP contribution < -0.4 is 10.9 Å². The van der Waals surface area contributed by atoms with Gasteiger partial charge in [-0.3, -0.25) is 10.2 Å². The lowest BCUT2D eigenvalue weighted by molar-refractivity contribution is 0.0942. The van der Waals surface area contributed by atoms with Gasteiger partial charge < -0.3 is 0 Å². The molecular formula is C6H8N2OS. The fraction of sp³-hybridized carbons (Fsp3) is 0.167. The normalized spacial score (nSPS) is 9.30. The van der Waals surface area contributed by atoms with E-state index in [2.05, 4.69) is 10.9 Å². The Morgan fingerprint density at radius 1 is 1.70 bits per heavy atom. The number of amides is 1. The molecule has 0 spiro atoms. The van der Waals surface area contributed by atoms with Crippen molar-refractivity contribution in [2.75, 3.05) is 7.05 Å². The second-order valence-electron chi connectivity index (χ2n) is 1.68. The number of carbonyl (C=O) groups excluding carboxylic acids is 1. The molecule has 2 N–H and O–H groups in total. The summed E-state index contributed by atoms with van der Waals surface area (Å²) in [4.78, 5) is 11.7. The highest BCUT2D eigenvalue weighted by Gasteiger charge is 2.02.